The van der Waals surface area contributed by atoms with Gasteiger partial charge in [-0.05, 0) is 45.4 Å². The van der Waals surface area contributed by atoms with Crippen LogP contribution in [-0.4, -0.2) is 55.8 Å². The molecule has 0 radical (unpaired) electrons. The smallest absolute Gasteiger partial charge is 0.327 e. The van der Waals surface area contributed by atoms with Crippen molar-refractivity contribution in [2.45, 2.75) is 62.1 Å². The van der Waals surface area contributed by atoms with Crippen LogP contribution in [0, 0.1) is 0 Å². The van der Waals surface area contributed by atoms with Crippen molar-refractivity contribution in [2.75, 3.05) is 0 Å². The van der Waals surface area contributed by atoms with Crippen molar-refractivity contribution in [3.8, 4) is 0 Å². The number of rotatable bonds is 6. The van der Waals surface area contributed by atoms with Crippen LogP contribution >= 0.6 is 35.0 Å². The number of nitrogens with one attached hydrogen (secondary N) is 1. The summed E-state index contributed by atoms with van der Waals surface area (Å²) >= 11 is 13.2. The van der Waals surface area contributed by atoms with Gasteiger partial charge in [0, 0.05) is 4.75 Å². The summed E-state index contributed by atoms with van der Waals surface area (Å²) in [6, 6.07) is 3.85. The van der Waals surface area contributed by atoms with Crippen LogP contribution in [-0.2, 0) is 25.5 Å². The number of halogens is 2. The molecule has 2 N–H and O–H groups in total. The molecule has 1 aromatic rings. The minimum absolute atomic E-state index is 0.0312. The maximum atomic E-state index is 13.1. The Kier molecular flexibility index (Phi) is 5.86. The summed E-state index contributed by atoms with van der Waals surface area (Å²) < 4.78 is 5.16. The molecule has 0 aromatic heterocycles. The van der Waals surface area contributed by atoms with Crippen molar-refractivity contribution in [3.63, 3.8) is 0 Å². The van der Waals surface area contributed by atoms with Crippen molar-refractivity contribution in [1.29, 1.82) is 0 Å². The summed E-state index contributed by atoms with van der Waals surface area (Å²) in [5.41, 5.74) is -0.976. The van der Waals surface area contributed by atoms with Crippen LogP contribution < -0.4 is 5.32 Å². The van der Waals surface area contributed by atoms with Gasteiger partial charge in [-0.1, -0.05) is 29.3 Å². The Morgan fingerprint density at radius 2 is 1.97 bits per heavy atom. The Morgan fingerprint density at radius 1 is 1.31 bits per heavy atom. The van der Waals surface area contributed by atoms with Gasteiger partial charge in [0.2, 0.25) is 5.91 Å². The summed E-state index contributed by atoms with van der Waals surface area (Å²) in [6.45, 7) is 7.03. The van der Waals surface area contributed by atoms with Crippen molar-refractivity contribution in [1.82, 2.24) is 10.2 Å². The molecule has 10 heteroatoms. The Hall–Kier alpha value is -1.48. The van der Waals surface area contributed by atoms with Crippen molar-refractivity contribution in [3.05, 3.63) is 33.8 Å². The first kappa shape index (κ1) is 22.2. The van der Waals surface area contributed by atoms with Crippen molar-refractivity contribution in [2.24, 2.45) is 0 Å². The molecule has 7 nitrogen and oxygen atoms in total. The molecule has 2 saturated heterocycles. The fraction of sp³-hybridized carbons (Fsp3) is 0.526. The van der Waals surface area contributed by atoms with E-state index in [0.29, 0.717) is 15.6 Å². The quantitative estimate of drug-likeness (QED) is 0.500. The van der Waals surface area contributed by atoms with E-state index < -0.39 is 39.7 Å². The summed E-state index contributed by atoms with van der Waals surface area (Å²) in [4.78, 5) is 38.8. The maximum Gasteiger partial charge on any atom is 0.327 e. The lowest BCUT2D eigenvalue weighted by atomic mass is 9.93. The van der Waals surface area contributed by atoms with Crippen LogP contribution in [0.2, 0.25) is 10.0 Å². The molecule has 2 aliphatic heterocycles. The highest BCUT2D eigenvalue weighted by Gasteiger charge is 2.73. The molecule has 158 valence electrons. The number of aliphatic carboxylic acids is 1. The highest BCUT2D eigenvalue weighted by atomic mass is 35.5. The molecule has 0 aliphatic carbocycles. The lowest BCUT2D eigenvalue weighted by Crippen LogP contribution is -2.81. The molecule has 0 spiro atoms. The zero-order chi connectivity index (χ0) is 21.7. The van der Waals surface area contributed by atoms with Gasteiger partial charge >= 0.3 is 5.97 Å². The number of hydrogen-bond acceptors (Lipinski definition) is 5. The first-order chi connectivity index (χ1) is 13.4. The van der Waals surface area contributed by atoms with Gasteiger partial charge in [0.05, 0.1) is 22.6 Å². The van der Waals surface area contributed by atoms with E-state index in [1.54, 1.807) is 45.9 Å². The lowest BCUT2D eigenvalue weighted by molar-refractivity contribution is -0.214. The average Bonchev–Trinajstić information content (AvgIpc) is 2.86. The molecule has 0 saturated carbocycles. The van der Waals surface area contributed by atoms with E-state index in [0.717, 1.165) is 0 Å². The SMILES string of the molecule is CC(C)O[C@]1(NC(=O)Cc2ccc(Cl)c(Cl)c2)C(=O)N2[C@@H](C(=O)O)C(C)(C)S[C@@H]21. The fourth-order valence-corrected chi connectivity index (χ4v) is 5.69. The van der Waals surface area contributed by atoms with E-state index in [2.05, 4.69) is 5.32 Å². The third-order valence-electron chi connectivity index (χ3n) is 4.83. The van der Waals surface area contributed by atoms with E-state index >= 15 is 0 Å². The second-order valence-electron chi connectivity index (χ2n) is 7.90. The standard InChI is InChI=1S/C19H22Cl2N2O5S/c1-9(2)28-19(22-13(24)8-10-5-6-11(20)12(21)7-10)16(27)23-14(15(25)26)18(3,4)29-17(19)23/h5-7,9,14,17H,8H2,1-4H3,(H,22,24)(H,25,26)/t14-,17+,19+/m0/s1. The van der Waals surface area contributed by atoms with Crippen molar-refractivity contribution >= 4 is 52.7 Å². The number of ether oxygens (including phenoxy) is 1. The highest BCUT2D eigenvalue weighted by Crippen LogP contribution is 2.55. The van der Waals surface area contributed by atoms with E-state index in [-0.39, 0.29) is 12.5 Å². The maximum absolute atomic E-state index is 13.1. The van der Waals surface area contributed by atoms with Gasteiger partial charge in [0.15, 0.2) is 0 Å². The molecular formula is C19H22Cl2N2O5S. The number of nitrogens with zero attached hydrogens (tertiary/aromatic N) is 1. The van der Waals surface area contributed by atoms with Crippen molar-refractivity contribution < 1.29 is 24.2 Å². The van der Waals surface area contributed by atoms with Gasteiger partial charge < -0.3 is 20.1 Å². The van der Waals surface area contributed by atoms with Crippen LogP contribution in [0.3, 0.4) is 0 Å². The summed E-state index contributed by atoms with van der Waals surface area (Å²) in [5.74, 6) is -2.07. The van der Waals surface area contributed by atoms with E-state index in [1.807, 2.05) is 0 Å². The molecular weight excluding hydrogens is 439 g/mol. The Balaban J connectivity index is 1.85. The number of carboxylic acid groups (broad SMARTS) is 1. The number of carbonyl (C=O) groups is 3. The van der Waals surface area contributed by atoms with Crippen LogP contribution in [0.15, 0.2) is 18.2 Å². The predicted octanol–water partition coefficient (Wildman–Crippen LogP) is 2.92. The van der Waals surface area contributed by atoms with E-state index in [9.17, 15) is 19.5 Å². The normalized spacial score (nSPS) is 27.6. The summed E-state index contributed by atoms with van der Waals surface area (Å²) in [7, 11) is 0. The second kappa shape index (κ2) is 7.65. The monoisotopic (exact) mass is 460 g/mol. The van der Waals surface area contributed by atoms with E-state index in [1.165, 1.54) is 16.7 Å². The molecule has 1 aromatic carbocycles. The highest BCUT2D eigenvalue weighted by molar-refractivity contribution is 8.01. The van der Waals surface area contributed by atoms with Crippen LogP contribution in [0.1, 0.15) is 33.3 Å². The number of fused-ring (bicyclic) bond motifs is 1. The zero-order valence-corrected chi connectivity index (χ0v) is 18.7. The second-order valence-corrected chi connectivity index (χ2v) is 10.5. The van der Waals surface area contributed by atoms with Gasteiger partial charge in [-0.3, -0.25) is 9.59 Å². The predicted molar refractivity (Wildman–Crippen MR) is 111 cm³/mol. The largest absolute Gasteiger partial charge is 0.480 e. The van der Waals surface area contributed by atoms with Gasteiger partial charge in [0.1, 0.15) is 11.4 Å². The topological polar surface area (TPSA) is 95.9 Å². The Labute approximate surface area is 183 Å². The van der Waals surface area contributed by atoms with Crippen LogP contribution in [0.25, 0.3) is 0 Å². The number of β-lactam (4-membered cyclic amide) rings is 1. The molecule has 0 unspecified atom stereocenters. The first-order valence-electron chi connectivity index (χ1n) is 9.05. The minimum Gasteiger partial charge on any atom is -0.480 e. The molecule has 0 bridgehead atoms. The average molecular weight is 461 g/mol. The van der Waals surface area contributed by atoms with Crippen LogP contribution in [0.4, 0.5) is 0 Å². The summed E-state index contributed by atoms with van der Waals surface area (Å²) in [5, 5.41) is 12.4. The Morgan fingerprint density at radius 3 is 2.52 bits per heavy atom. The molecule has 3 atom stereocenters. The third-order valence-corrected chi connectivity index (χ3v) is 7.19. The number of amides is 2. The van der Waals surface area contributed by atoms with Gasteiger partial charge in [-0.25, -0.2) is 4.79 Å². The third kappa shape index (κ3) is 3.83. The van der Waals surface area contributed by atoms with Gasteiger partial charge in [-0.2, -0.15) is 0 Å². The molecule has 2 fully saturated rings. The molecule has 2 amide bonds. The van der Waals surface area contributed by atoms with Gasteiger partial charge in [0.25, 0.3) is 11.6 Å². The summed E-state index contributed by atoms with van der Waals surface area (Å²) in [6.07, 6.45) is -0.393. The molecule has 3 rings (SSSR count). The number of hydrogen-bond donors (Lipinski definition) is 2. The minimum atomic E-state index is -1.60. The number of carboxylic acids is 1. The molecule has 2 aliphatic rings. The number of benzene rings is 1. The number of carbonyl (C=O) groups excluding carboxylic acids is 2. The Bertz CT molecular complexity index is 878. The lowest BCUT2D eigenvalue weighted by Gasteiger charge is -2.52. The van der Waals surface area contributed by atoms with Gasteiger partial charge in [-0.15, -0.1) is 11.8 Å². The van der Waals surface area contributed by atoms with Crippen LogP contribution in [0.5, 0.6) is 0 Å². The fourth-order valence-electron chi connectivity index (χ4n) is 3.74. The first-order valence-corrected chi connectivity index (χ1v) is 10.7. The zero-order valence-electron chi connectivity index (χ0n) is 16.4. The number of thioether (sulfide) groups is 1. The molecule has 29 heavy (non-hydrogen) atoms. The van der Waals surface area contributed by atoms with E-state index in [4.69, 9.17) is 27.9 Å². The molecule has 2 heterocycles.